The summed E-state index contributed by atoms with van der Waals surface area (Å²) in [5.74, 6) is 0.0274. The third kappa shape index (κ3) is 8.41. The molecule has 0 fully saturated rings. The van der Waals surface area contributed by atoms with E-state index in [4.69, 9.17) is 28.8 Å². The highest BCUT2D eigenvalue weighted by Crippen LogP contribution is 2.18. The lowest BCUT2D eigenvalue weighted by atomic mass is 10.0. The molecule has 0 aliphatic heterocycles. The number of carbonyl (C=O) groups excluding carboxylic acids is 2. The quantitative estimate of drug-likeness (QED) is 0.227. The van der Waals surface area contributed by atoms with Crippen LogP contribution in [0.3, 0.4) is 0 Å². The molecule has 0 aliphatic rings. The SMILES string of the molecule is CC(C)C[C@H](N)C(=O)N(Cc1cccc(Cl)c1)[C@H](C=O)CCCN=C(N)N. The van der Waals surface area contributed by atoms with Crippen molar-refractivity contribution in [2.45, 2.75) is 51.7 Å². The van der Waals surface area contributed by atoms with E-state index in [-0.39, 0.29) is 24.3 Å². The average molecular weight is 396 g/mol. The topological polar surface area (TPSA) is 128 Å². The Labute approximate surface area is 165 Å². The van der Waals surface area contributed by atoms with Gasteiger partial charge in [-0.2, -0.15) is 0 Å². The Morgan fingerprint density at radius 2 is 2.04 bits per heavy atom. The second kappa shape index (κ2) is 11.6. The summed E-state index contributed by atoms with van der Waals surface area (Å²) < 4.78 is 0. The molecule has 0 aromatic heterocycles. The van der Waals surface area contributed by atoms with Crippen LogP contribution in [0.15, 0.2) is 29.3 Å². The minimum absolute atomic E-state index is 0.00321. The van der Waals surface area contributed by atoms with E-state index in [1.165, 1.54) is 4.90 Å². The normalized spacial score (nSPS) is 13.1. The van der Waals surface area contributed by atoms with Gasteiger partial charge in [0.1, 0.15) is 6.29 Å². The van der Waals surface area contributed by atoms with E-state index in [1.54, 1.807) is 12.1 Å². The van der Waals surface area contributed by atoms with Crippen LogP contribution in [-0.4, -0.2) is 41.7 Å². The van der Waals surface area contributed by atoms with E-state index in [9.17, 15) is 9.59 Å². The number of aliphatic imine (C=N–C) groups is 1. The Bertz CT molecular complexity index is 647. The molecule has 1 rings (SSSR count). The number of hydrogen-bond donors (Lipinski definition) is 3. The minimum atomic E-state index is -0.663. The van der Waals surface area contributed by atoms with Gasteiger partial charge in [0.25, 0.3) is 0 Å². The van der Waals surface area contributed by atoms with Gasteiger partial charge in [-0.15, -0.1) is 0 Å². The lowest BCUT2D eigenvalue weighted by molar-refractivity contribution is -0.138. The molecule has 2 atom stereocenters. The van der Waals surface area contributed by atoms with Crippen molar-refractivity contribution in [3.05, 3.63) is 34.9 Å². The van der Waals surface area contributed by atoms with E-state index in [1.807, 2.05) is 26.0 Å². The third-order valence-electron chi connectivity index (χ3n) is 4.08. The molecular formula is C19H30ClN5O2. The zero-order valence-electron chi connectivity index (χ0n) is 16.0. The van der Waals surface area contributed by atoms with Crippen LogP contribution in [0.25, 0.3) is 0 Å². The maximum atomic E-state index is 13.0. The molecule has 0 heterocycles. The second-order valence-electron chi connectivity index (χ2n) is 6.98. The molecule has 150 valence electrons. The number of aldehydes is 1. The van der Waals surface area contributed by atoms with E-state index in [0.717, 1.165) is 11.8 Å². The number of benzene rings is 1. The average Bonchev–Trinajstić information content (AvgIpc) is 2.59. The molecular weight excluding hydrogens is 366 g/mol. The maximum Gasteiger partial charge on any atom is 0.240 e. The fourth-order valence-corrected chi connectivity index (χ4v) is 3.03. The van der Waals surface area contributed by atoms with Gasteiger partial charge in [-0.1, -0.05) is 37.6 Å². The first-order valence-corrected chi connectivity index (χ1v) is 9.43. The standard InChI is InChI=1S/C19H30ClN5O2/c1-13(2)9-17(21)18(27)25(11-14-5-3-6-15(20)10-14)16(12-26)7-4-8-24-19(22)23/h3,5-6,10,12-13,16-17H,4,7-9,11,21H2,1-2H3,(H4,22,23,24)/t16-,17-/m0/s1. The van der Waals surface area contributed by atoms with Crippen molar-refractivity contribution < 1.29 is 9.59 Å². The predicted octanol–water partition coefficient (Wildman–Crippen LogP) is 1.66. The summed E-state index contributed by atoms with van der Waals surface area (Å²) in [7, 11) is 0. The first-order valence-electron chi connectivity index (χ1n) is 9.05. The highest BCUT2D eigenvalue weighted by atomic mass is 35.5. The number of halogens is 1. The monoisotopic (exact) mass is 395 g/mol. The van der Waals surface area contributed by atoms with E-state index < -0.39 is 12.1 Å². The molecule has 0 aliphatic carbocycles. The summed E-state index contributed by atoms with van der Waals surface area (Å²) >= 11 is 6.05. The molecule has 0 spiro atoms. The van der Waals surface area contributed by atoms with Crippen molar-refractivity contribution >= 4 is 29.8 Å². The molecule has 7 nitrogen and oxygen atoms in total. The highest BCUT2D eigenvalue weighted by Gasteiger charge is 2.28. The lowest BCUT2D eigenvalue weighted by Gasteiger charge is -2.31. The summed E-state index contributed by atoms with van der Waals surface area (Å²) in [5, 5.41) is 0.571. The summed E-state index contributed by atoms with van der Waals surface area (Å²) in [6.45, 7) is 4.66. The van der Waals surface area contributed by atoms with Gasteiger partial charge in [-0.25, -0.2) is 0 Å². The van der Waals surface area contributed by atoms with E-state index >= 15 is 0 Å². The highest BCUT2D eigenvalue weighted by molar-refractivity contribution is 6.30. The Kier molecular flexibility index (Phi) is 9.82. The third-order valence-corrected chi connectivity index (χ3v) is 4.31. The van der Waals surface area contributed by atoms with Crippen LogP contribution in [-0.2, 0) is 16.1 Å². The van der Waals surface area contributed by atoms with Gasteiger partial charge in [0.05, 0.1) is 12.1 Å². The van der Waals surface area contributed by atoms with Gasteiger partial charge in [0.15, 0.2) is 5.96 Å². The first-order chi connectivity index (χ1) is 12.7. The minimum Gasteiger partial charge on any atom is -0.370 e. The largest absolute Gasteiger partial charge is 0.370 e. The van der Waals surface area contributed by atoms with Crippen molar-refractivity contribution in [3.63, 3.8) is 0 Å². The molecule has 0 unspecified atom stereocenters. The number of guanidine groups is 1. The number of carbonyl (C=O) groups is 2. The molecule has 0 bridgehead atoms. The molecule has 0 radical (unpaired) electrons. The van der Waals surface area contributed by atoms with Crippen molar-refractivity contribution in [2.75, 3.05) is 6.54 Å². The smallest absolute Gasteiger partial charge is 0.240 e. The summed E-state index contributed by atoms with van der Waals surface area (Å²) in [6, 6.07) is 5.93. The number of amides is 1. The van der Waals surface area contributed by atoms with E-state index in [2.05, 4.69) is 4.99 Å². The van der Waals surface area contributed by atoms with Gasteiger partial charge >= 0.3 is 0 Å². The number of rotatable bonds is 11. The van der Waals surface area contributed by atoms with Crippen LogP contribution >= 0.6 is 11.6 Å². The Morgan fingerprint density at radius 1 is 1.33 bits per heavy atom. The summed E-state index contributed by atoms with van der Waals surface area (Å²) in [4.78, 5) is 30.1. The first kappa shape index (κ1) is 22.9. The number of nitrogens with zero attached hydrogens (tertiary/aromatic N) is 2. The molecule has 8 heteroatoms. The number of hydrogen-bond acceptors (Lipinski definition) is 4. The molecule has 0 saturated heterocycles. The molecule has 0 saturated carbocycles. The predicted molar refractivity (Wildman–Crippen MR) is 109 cm³/mol. The van der Waals surface area contributed by atoms with Crippen molar-refractivity contribution in [1.29, 1.82) is 0 Å². The van der Waals surface area contributed by atoms with Crippen LogP contribution in [0.2, 0.25) is 5.02 Å². The van der Waals surface area contributed by atoms with Gasteiger partial charge < -0.3 is 26.9 Å². The van der Waals surface area contributed by atoms with Crippen LogP contribution < -0.4 is 17.2 Å². The summed E-state index contributed by atoms with van der Waals surface area (Å²) in [5.41, 5.74) is 17.6. The zero-order valence-corrected chi connectivity index (χ0v) is 16.7. The van der Waals surface area contributed by atoms with Crippen molar-refractivity contribution in [1.82, 2.24) is 4.90 Å². The maximum absolute atomic E-state index is 13.0. The fourth-order valence-electron chi connectivity index (χ4n) is 2.82. The van der Waals surface area contributed by atoms with Gasteiger partial charge in [-0.3, -0.25) is 9.79 Å². The molecule has 1 amide bonds. The zero-order chi connectivity index (χ0) is 20.4. The van der Waals surface area contributed by atoms with E-state index in [0.29, 0.717) is 30.8 Å². The van der Waals surface area contributed by atoms with Gasteiger partial charge in [-0.05, 0) is 42.9 Å². The Hall–Kier alpha value is -2.12. The van der Waals surface area contributed by atoms with Crippen LogP contribution in [0.5, 0.6) is 0 Å². The van der Waals surface area contributed by atoms with Gasteiger partial charge in [0.2, 0.25) is 5.91 Å². The number of nitrogens with two attached hydrogens (primary N) is 3. The summed E-state index contributed by atoms with van der Waals surface area (Å²) in [6.07, 6.45) is 2.34. The van der Waals surface area contributed by atoms with Crippen molar-refractivity contribution in [2.24, 2.45) is 28.1 Å². The van der Waals surface area contributed by atoms with Crippen molar-refractivity contribution in [3.8, 4) is 0 Å². The molecule has 1 aromatic rings. The molecule has 6 N–H and O–H groups in total. The van der Waals surface area contributed by atoms with Crippen LogP contribution in [0.4, 0.5) is 0 Å². The fraction of sp³-hybridized carbons (Fsp3) is 0.526. The second-order valence-corrected chi connectivity index (χ2v) is 7.42. The van der Waals surface area contributed by atoms with Crippen LogP contribution in [0, 0.1) is 5.92 Å². The van der Waals surface area contributed by atoms with Gasteiger partial charge in [0, 0.05) is 18.1 Å². The molecule has 27 heavy (non-hydrogen) atoms. The Balaban J connectivity index is 2.97. The lowest BCUT2D eigenvalue weighted by Crippen LogP contribution is -2.49. The molecule has 1 aromatic carbocycles. The van der Waals surface area contributed by atoms with Crippen LogP contribution in [0.1, 0.15) is 38.7 Å². The Morgan fingerprint density at radius 3 is 2.59 bits per heavy atom.